The molecule has 160 valence electrons. The summed E-state index contributed by atoms with van der Waals surface area (Å²) in [4.78, 5) is 52.8. The molecule has 3 atom stereocenters. The van der Waals surface area contributed by atoms with Crippen LogP contribution in [0.3, 0.4) is 0 Å². The minimum absolute atomic E-state index is 0.115. The molecular weight excluding hydrogens is 384 g/mol. The number of hydrogen-bond donors (Lipinski definition) is 2. The number of nitrogens with one attached hydrogen (secondary N) is 1. The van der Waals surface area contributed by atoms with E-state index < -0.39 is 23.8 Å². The SMILES string of the molecule is CC1CC(CN)CC(C)N1Cc1ccc2c(c1)C(=O)N(C1CCC(=O)NC1=O)C2=O. The summed E-state index contributed by atoms with van der Waals surface area (Å²) in [6, 6.07) is 5.16. The minimum Gasteiger partial charge on any atom is -0.330 e. The van der Waals surface area contributed by atoms with Gasteiger partial charge < -0.3 is 5.73 Å². The van der Waals surface area contributed by atoms with Crippen LogP contribution < -0.4 is 11.1 Å². The number of rotatable bonds is 4. The summed E-state index contributed by atoms with van der Waals surface area (Å²) in [5.41, 5.74) is 7.48. The van der Waals surface area contributed by atoms with Crippen LogP contribution in [-0.2, 0) is 16.1 Å². The Morgan fingerprint density at radius 2 is 1.70 bits per heavy atom. The number of piperidine rings is 2. The second-order valence-electron chi connectivity index (χ2n) is 8.77. The summed E-state index contributed by atoms with van der Waals surface area (Å²) in [5, 5.41) is 2.22. The molecule has 1 aromatic rings. The van der Waals surface area contributed by atoms with E-state index in [1.54, 1.807) is 12.1 Å². The van der Waals surface area contributed by atoms with E-state index in [0.29, 0.717) is 42.2 Å². The number of nitrogens with zero attached hydrogens (tertiary/aromatic N) is 2. The molecule has 0 bridgehead atoms. The lowest BCUT2D eigenvalue weighted by Crippen LogP contribution is -2.54. The van der Waals surface area contributed by atoms with Crippen molar-refractivity contribution >= 4 is 23.6 Å². The highest BCUT2D eigenvalue weighted by Crippen LogP contribution is 2.31. The molecule has 2 fully saturated rings. The number of carbonyl (C=O) groups excluding carboxylic acids is 4. The van der Waals surface area contributed by atoms with E-state index in [4.69, 9.17) is 5.73 Å². The van der Waals surface area contributed by atoms with Crippen molar-refractivity contribution < 1.29 is 19.2 Å². The molecule has 3 aliphatic rings. The number of nitrogens with two attached hydrogens (primary N) is 1. The number of likely N-dealkylation sites (tertiary alicyclic amines) is 1. The Kier molecular flexibility index (Phi) is 5.46. The van der Waals surface area contributed by atoms with E-state index in [9.17, 15) is 19.2 Å². The number of fused-ring (bicyclic) bond motifs is 1. The molecule has 8 nitrogen and oxygen atoms in total. The topological polar surface area (TPSA) is 113 Å². The summed E-state index contributed by atoms with van der Waals surface area (Å²) in [5.74, 6) is -1.37. The summed E-state index contributed by atoms with van der Waals surface area (Å²) >= 11 is 0. The van der Waals surface area contributed by atoms with Crippen molar-refractivity contribution in [3.8, 4) is 0 Å². The van der Waals surface area contributed by atoms with Gasteiger partial charge in [-0.3, -0.25) is 34.3 Å². The molecule has 3 N–H and O–H groups in total. The summed E-state index contributed by atoms with van der Waals surface area (Å²) in [6.07, 6.45) is 2.37. The first-order chi connectivity index (χ1) is 14.3. The van der Waals surface area contributed by atoms with Crippen LogP contribution in [0.2, 0.25) is 0 Å². The second kappa shape index (κ2) is 7.92. The number of benzene rings is 1. The first-order valence-corrected chi connectivity index (χ1v) is 10.6. The average molecular weight is 412 g/mol. The fraction of sp³-hybridized carbons (Fsp3) is 0.545. The van der Waals surface area contributed by atoms with E-state index in [0.717, 1.165) is 23.3 Å². The van der Waals surface area contributed by atoms with Crippen molar-refractivity contribution in [2.75, 3.05) is 6.54 Å². The smallest absolute Gasteiger partial charge is 0.262 e. The summed E-state index contributed by atoms with van der Waals surface area (Å²) in [7, 11) is 0. The van der Waals surface area contributed by atoms with Crippen molar-refractivity contribution in [1.29, 1.82) is 0 Å². The molecule has 30 heavy (non-hydrogen) atoms. The Morgan fingerprint density at radius 1 is 1.03 bits per heavy atom. The first-order valence-electron chi connectivity index (χ1n) is 10.6. The van der Waals surface area contributed by atoms with E-state index in [-0.39, 0.29) is 18.7 Å². The first kappa shape index (κ1) is 20.7. The van der Waals surface area contributed by atoms with Gasteiger partial charge in [-0.1, -0.05) is 6.07 Å². The Balaban J connectivity index is 1.54. The fourth-order valence-electron chi connectivity index (χ4n) is 5.10. The molecule has 3 heterocycles. The highest BCUT2D eigenvalue weighted by atomic mass is 16.2. The van der Waals surface area contributed by atoms with Gasteiger partial charge in [0.2, 0.25) is 11.8 Å². The van der Waals surface area contributed by atoms with Crippen molar-refractivity contribution in [2.24, 2.45) is 11.7 Å². The van der Waals surface area contributed by atoms with Gasteiger partial charge in [0.15, 0.2) is 0 Å². The Labute approximate surface area is 175 Å². The van der Waals surface area contributed by atoms with Gasteiger partial charge in [-0.25, -0.2) is 0 Å². The lowest BCUT2D eigenvalue weighted by Gasteiger charge is -2.42. The molecule has 0 spiro atoms. The van der Waals surface area contributed by atoms with Crippen molar-refractivity contribution in [3.05, 3.63) is 34.9 Å². The van der Waals surface area contributed by atoms with Crippen LogP contribution in [-0.4, -0.2) is 58.1 Å². The van der Waals surface area contributed by atoms with E-state index in [1.165, 1.54) is 0 Å². The average Bonchev–Trinajstić information content (AvgIpc) is 2.95. The van der Waals surface area contributed by atoms with Crippen molar-refractivity contribution in [3.63, 3.8) is 0 Å². The molecule has 1 aromatic carbocycles. The zero-order chi connectivity index (χ0) is 21.6. The highest BCUT2D eigenvalue weighted by molar-refractivity contribution is 6.23. The molecule has 8 heteroatoms. The van der Waals surface area contributed by atoms with Gasteiger partial charge >= 0.3 is 0 Å². The van der Waals surface area contributed by atoms with Gasteiger partial charge in [0.25, 0.3) is 11.8 Å². The zero-order valence-electron chi connectivity index (χ0n) is 17.4. The molecule has 0 radical (unpaired) electrons. The minimum atomic E-state index is -0.936. The van der Waals surface area contributed by atoms with Crippen LogP contribution >= 0.6 is 0 Å². The molecule has 3 unspecified atom stereocenters. The number of amides is 4. The standard InChI is InChI=1S/C22H28N4O4/c1-12-7-15(10-23)8-13(2)25(12)11-14-3-4-16-17(9-14)22(30)26(21(16)29)18-5-6-19(27)24-20(18)28/h3-4,9,12-13,15,18H,5-8,10-11,23H2,1-2H3,(H,24,27,28). The van der Waals surface area contributed by atoms with Crippen LogP contribution in [0.1, 0.15) is 65.8 Å². The molecule has 0 aromatic heterocycles. The van der Waals surface area contributed by atoms with Gasteiger partial charge in [-0.2, -0.15) is 0 Å². The lowest BCUT2D eigenvalue weighted by molar-refractivity contribution is -0.136. The highest BCUT2D eigenvalue weighted by Gasteiger charge is 2.44. The van der Waals surface area contributed by atoms with Gasteiger partial charge in [0.1, 0.15) is 6.04 Å². The third kappa shape index (κ3) is 3.54. The maximum Gasteiger partial charge on any atom is 0.262 e. The zero-order valence-corrected chi connectivity index (χ0v) is 17.4. The van der Waals surface area contributed by atoms with Gasteiger partial charge in [-0.05, 0) is 63.3 Å². The maximum atomic E-state index is 13.0. The van der Waals surface area contributed by atoms with E-state index >= 15 is 0 Å². The quantitative estimate of drug-likeness (QED) is 0.715. The molecule has 3 aliphatic heterocycles. The van der Waals surface area contributed by atoms with Crippen molar-refractivity contribution in [2.45, 2.75) is 64.2 Å². The summed E-state index contributed by atoms with van der Waals surface area (Å²) in [6.45, 7) is 5.79. The van der Waals surface area contributed by atoms with Crippen LogP contribution in [0.15, 0.2) is 18.2 Å². The van der Waals surface area contributed by atoms with Gasteiger partial charge in [0.05, 0.1) is 11.1 Å². The van der Waals surface area contributed by atoms with Crippen LogP contribution in [0.25, 0.3) is 0 Å². The normalized spacial score (nSPS) is 29.9. The van der Waals surface area contributed by atoms with Gasteiger partial charge in [-0.15, -0.1) is 0 Å². The lowest BCUT2D eigenvalue weighted by atomic mass is 9.87. The second-order valence-corrected chi connectivity index (χ2v) is 8.77. The Hall–Kier alpha value is -2.58. The Bertz CT molecular complexity index is 902. The molecular formula is C22H28N4O4. The third-order valence-corrected chi connectivity index (χ3v) is 6.68. The molecule has 2 saturated heterocycles. The van der Waals surface area contributed by atoms with Crippen molar-refractivity contribution in [1.82, 2.24) is 15.1 Å². The van der Waals surface area contributed by atoms with Crippen LogP contribution in [0, 0.1) is 5.92 Å². The van der Waals surface area contributed by atoms with Crippen LogP contribution in [0.5, 0.6) is 0 Å². The monoisotopic (exact) mass is 412 g/mol. The molecule has 0 saturated carbocycles. The third-order valence-electron chi connectivity index (χ3n) is 6.68. The van der Waals surface area contributed by atoms with E-state index in [1.807, 2.05) is 6.07 Å². The predicted molar refractivity (Wildman–Crippen MR) is 109 cm³/mol. The number of hydrogen-bond acceptors (Lipinski definition) is 6. The molecule has 4 rings (SSSR count). The fourth-order valence-corrected chi connectivity index (χ4v) is 5.10. The maximum absolute atomic E-state index is 13.0. The van der Waals surface area contributed by atoms with E-state index in [2.05, 4.69) is 24.1 Å². The summed E-state index contributed by atoms with van der Waals surface area (Å²) < 4.78 is 0. The van der Waals surface area contributed by atoms with Crippen LogP contribution in [0.4, 0.5) is 0 Å². The van der Waals surface area contributed by atoms with Gasteiger partial charge in [0, 0.05) is 25.0 Å². The number of imide groups is 2. The predicted octanol–water partition coefficient (Wildman–Crippen LogP) is 1.04. The Morgan fingerprint density at radius 3 is 2.33 bits per heavy atom. The molecule has 0 aliphatic carbocycles. The largest absolute Gasteiger partial charge is 0.330 e. The number of carbonyl (C=O) groups is 4. The molecule has 4 amide bonds.